The average Bonchev–Trinajstić information content (AvgIpc) is 2.66. The number of rotatable bonds is 6. The van der Waals surface area contributed by atoms with E-state index in [1.54, 1.807) is 0 Å². The van der Waals surface area contributed by atoms with Gasteiger partial charge in [-0.1, -0.05) is 6.92 Å². The Kier molecular flexibility index (Phi) is 5.52. The first-order chi connectivity index (χ1) is 6.77. The first-order valence-electron chi connectivity index (χ1n) is 4.97. The maximum absolute atomic E-state index is 4.41. The molecule has 1 unspecified atom stereocenters. The van der Waals surface area contributed by atoms with Gasteiger partial charge in [0.25, 0.3) is 0 Å². The zero-order chi connectivity index (χ0) is 10.4. The number of nitrogens with one attached hydrogen (secondary N) is 1. The van der Waals surface area contributed by atoms with Crippen molar-refractivity contribution in [2.45, 2.75) is 32.1 Å². The lowest BCUT2D eigenvalue weighted by Gasteiger charge is -2.04. The summed E-state index contributed by atoms with van der Waals surface area (Å²) in [7, 11) is 1.98. The Labute approximate surface area is 94.5 Å². The molecule has 0 saturated heterocycles. The van der Waals surface area contributed by atoms with Crippen LogP contribution in [-0.2, 0) is 5.75 Å². The minimum Gasteiger partial charge on any atom is -0.312 e. The fraction of sp³-hybridized carbons (Fsp3) is 0.700. The Morgan fingerprint density at radius 2 is 2.43 bits per heavy atom. The molecule has 1 aromatic heterocycles. The number of hydrogen-bond donors (Lipinski definition) is 1. The van der Waals surface area contributed by atoms with Crippen molar-refractivity contribution in [3.05, 3.63) is 16.1 Å². The van der Waals surface area contributed by atoms with Gasteiger partial charge in [0.15, 0.2) is 0 Å². The smallest absolute Gasteiger partial charge is 0.103 e. The topological polar surface area (TPSA) is 24.9 Å². The lowest BCUT2D eigenvalue weighted by atomic mass is 10.3. The van der Waals surface area contributed by atoms with E-state index >= 15 is 0 Å². The van der Waals surface area contributed by atoms with Crippen LogP contribution in [0.3, 0.4) is 0 Å². The van der Waals surface area contributed by atoms with Crippen molar-refractivity contribution in [1.82, 2.24) is 10.3 Å². The molecule has 1 rings (SSSR count). The highest BCUT2D eigenvalue weighted by Gasteiger charge is 2.07. The first-order valence-corrected chi connectivity index (χ1v) is 6.94. The minimum atomic E-state index is 0.428. The second-order valence-electron chi connectivity index (χ2n) is 3.22. The molecule has 0 aromatic carbocycles. The maximum atomic E-state index is 4.41. The van der Waals surface area contributed by atoms with Gasteiger partial charge in [-0.15, -0.1) is 11.3 Å². The monoisotopic (exact) mass is 230 g/mol. The van der Waals surface area contributed by atoms with Crippen LogP contribution in [0, 0.1) is 0 Å². The highest BCUT2D eigenvalue weighted by Crippen LogP contribution is 2.23. The molecule has 1 N–H and O–H groups in total. The molecule has 0 fully saturated rings. The van der Waals surface area contributed by atoms with E-state index in [1.807, 2.05) is 36.3 Å². The quantitative estimate of drug-likeness (QED) is 0.760. The van der Waals surface area contributed by atoms with Gasteiger partial charge in [0.05, 0.1) is 0 Å². The van der Waals surface area contributed by atoms with Crippen LogP contribution in [-0.4, -0.2) is 17.8 Å². The van der Waals surface area contributed by atoms with E-state index < -0.39 is 0 Å². The molecular weight excluding hydrogens is 212 g/mol. The van der Waals surface area contributed by atoms with E-state index in [0.29, 0.717) is 6.04 Å². The van der Waals surface area contributed by atoms with Gasteiger partial charge in [0.1, 0.15) is 5.01 Å². The van der Waals surface area contributed by atoms with Crippen molar-refractivity contribution in [3.8, 4) is 0 Å². The van der Waals surface area contributed by atoms with E-state index in [4.69, 9.17) is 0 Å². The highest BCUT2D eigenvalue weighted by atomic mass is 32.2. The van der Waals surface area contributed by atoms with Gasteiger partial charge in [-0.05, 0) is 26.1 Å². The zero-order valence-corrected chi connectivity index (χ0v) is 10.7. The molecule has 0 spiro atoms. The van der Waals surface area contributed by atoms with Crippen LogP contribution < -0.4 is 5.32 Å². The van der Waals surface area contributed by atoms with Crippen molar-refractivity contribution < 1.29 is 0 Å². The summed E-state index contributed by atoms with van der Waals surface area (Å²) < 4.78 is 0. The lowest BCUT2D eigenvalue weighted by molar-refractivity contribution is 0.662. The van der Waals surface area contributed by atoms with Crippen molar-refractivity contribution in [2.75, 3.05) is 12.8 Å². The summed E-state index contributed by atoms with van der Waals surface area (Å²) in [6.07, 6.45) is 3.24. The molecule has 2 nitrogen and oxygen atoms in total. The van der Waals surface area contributed by atoms with E-state index in [-0.39, 0.29) is 0 Å². The second kappa shape index (κ2) is 6.43. The van der Waals surface area contributed by atoms with Gasteiger partial charge < -0.3 is 5.32 Å². The number of nitrogens with zero attached hydrogens (tertiary/aromatic N) is 1. The molecule has 14 heavy (non-hydrogen) atoms. The van der Waals surface area contributed by atoms with Crippen LogP contribution in [0.5, 0.6) is 0 Å². The summed E-state index contributed by atoms with van der Waals surface area (Å²) in [4.78, 5) is 5.75. The van der Waals surface area contributed by atoms with Crippen LogP contribution >= 0.6 is 23.1 Å². The standard InChI is InChI=1S/C10H18N2S2/c1-4-5-13-7-10-12-6-9(14-10)8(2)11-3/h6,8,11H,4-5,7H2,1-3H3. The lowest BCUT2D eigenvalue weighted by Crippen LogP contribution is -2.10. The summed E-state index contributed by atoms with van der Waals surface area (Å²) in [6, 6.07) is 0.428. The Morgan fingerprint density at radius 3 is 3.07 bits per heavy atom. The van der Waals surface area contributed by atoms with Crippen molar-refractivity contribution in [3.63, 3.8) is 0 Å². The van der Waals surface area contributed by atoms with Crippen LogP contribution in [0.25, 0.3) is 0 Å². The fourth-order valence-electron chi connectivity index (χ4n) is 1.04. The van der Waals surface area contributed by atoms with Gasteiger partial charge in [-0.3, -0.25) is 0 Å². The average molecular weight is 230 g/mol. The maximum Gasteiger partial charge on any atom is 0.103 e. The largest absolute Gasteiger partial charge is 0.312 e. The number of hydrogen-bond acceptors (Lipinski definition) is 4. The molecule has 0 saturated carbocycles. The SMILES string of the molecule is CCCSCc1ncc(C(C)NC)s1. The molecule has 0 radical (unpaired) electrons. The molecule has 0 aliphatic carbocycles. The van der Waals surface area contributed by atoms with Crippen LogP contribution in [0.1, 0.15) is 36.2 Å². The van der Waals surface area contributed by atoms with Crippen molar-refractivity contribution in [1.29, 1.82) is 0 Å². The number of thiazole rings is 1. The first kappa shape index (κ1) is 12.0. The molecule has 1 atom stereocenters. The highest BCUT2D eigenvalue weighted by molar-refractivity contribution is 7.98. The number of thioether (sulfide) groups is 1. The predicted molar refractivity (Wildman–Crippen MR) is 66.0 cm³/mol. The Balaban J connectivity index is 2.42. The molecule has 1 heterocycles. The Hall–Kier alpha value is -0.0600. The van der Waals surface area contributed by atoms with Crippen LogP contribution in [0.4, 0.5) is 0 Å². The second-order valence-corrected chi connectivity index (χ2v) is 5.47. The zero-order valence-electron chi connectivity index (χ0n) is 9.04. The van der Waals surface area contributed by atoms with Gasteiger partial charge in [0.2, 0.25) is 0 Å². The molecule has 4 heteroatoms. The molecule has 0 aliphatic heterocycles. The van der Waals surface area contributed by atoms with Gasteiger partial charge in [-0.25, -0.2) is 4.98 Å². The van der Waals surface area contributed by atoms with E-state index in [1.165, 1.54) is 22.1 Å². The molecule has 80 valence electrons. The van der Waals surface area contributed by atoms with E-state index in [0.717, 1.165) is 5.75 Å². The van der Waals surface area contributed by atoms with Crippen LogP contribution in [0.15, 0.2) is 6.20 Å². The van der Waals surface area contributed by atoms with Gasteiger partial charge >= 0.3 is 0 Å². The fourth-order valence-corrected chi connectivity index (χ4v) is 2.98. The Bertz CT molecular complexity index is 260. The van der Waals surface area contributed by atoms with Crippen LogP contribution in [0.2, 0.25) is 0 Å². The van der Waals surface area contributed by atoms with Gasteiger partial charge in [-0.2, -0.15) is 11.8 Å². The number of aromatic nitrogens is 1. The van der Waals surface area contributed by atoms with Crippen molar-refractivity contribution >= 4 is 23.1 Å². The minimum absolute atomic E-state index is 0.428. The third-order valence-electron chi connectivity index (χ3n) is 2.01. The molecular formula is C10H18N2S2. The van der Waals surface area contributed by atoms with E-state index in [9.17, 15) is 0 Å². The molecule has 0 bridgehead atoms. The molecule has 0 amide bonds. The molecule has 0 aliphatic rings. The normalized spacial score (nSPS) is 13.1. The summed E-state index contributed by atoms with van der Waals surface area (Å²) in [5.74, 6) is 2.30. The summed E-state index contributed by atoms with van der Waals surface area (Å²) in [5, 5.41) is 4.48. The van der Waals surface area contributed by atoms with Crippen molar-refractivity contribution in [2.24, 2.45) is 0 Å². The summed E-state index contributed by atoms with van der Waals surface area (Å²) in [5.41, 5.74) is 0. The Morgan fingerprint density at radius 1 is 1.64 bits per heavy atom. The molecule has 1 aromatic rings. The predicted octanol–water partition coefficient (Wildman–Crippen LogP) is 3.07. The third-order valence-corrected chi connectivity index (χ3v) is 4.54. The third kappa shape index (κ3) is 3.59. The van der Waals surface area contributed by atoms with Gasteiger partial charge in [0, 0.05) is 22.9 Å². The summed E-state index contributed by atoms with van der Waals surface area (Å²) in [6.45, 7) is 4.37. The summed E-state index contributed by atoms with van der Waals surface area (Å²) >= 11 is 3.79. The van der Waals surface area contributed by atoms with E-state index in [2.05, 4.69) is 24.1 Å².